The van der Waals surface area contributed by atoms with E-state index >= 15 is 0 Å². The summed E-state index contributed by atoms with van der Waals surface area (Å²) < 4.78 is 35.8. The van der Waals surface area contributed by atoms with E-state index in [0.29, 0.717) is 6.54 Å². The Hall–Kier alpha value is -0.760. The number of nitriles is 1. The fourth-order valence-corrected chi connectivity index (χ4v) is 0.987. The summed E-state index contributed by atoms with van der Waals surface area (Å²) in [6.45, 7) is 2.81. The molecule has 0 spiro atoms. The molecule has 0 radical (unpaired) electrons. The third kappa shape index (κ3) is 6.41. The second-order valence-electron chi connectivity index (χ2n) is 2.97. The molecule has 0 amide bonds. The predicted octanol–water partition coefficient (Wildman–Crippen LogP) is 2.03. The van der Waals surface area contributed by atoms with Crippen molar-refractivity contribution < 1.29 is 13.2 Å². The van der Waals surface area contributed by atoms with Crippen LogP contribution in [0.4, 0.5) is 13.2 Å². The van der Waals surface area contributed by atoms with Crippen LogP contribution < -0.4 is 0 Å². The third-order valence-corrected chi connectivity index (χ3v) is 1.60. The molecule has 0 N–H and O–H groups in total. The van der Waals surface area contributed by atoms with Gasteiger partial charge in [-0.15, -0.1) is 0 Å². The average Bonchev–Trinajstić information content (AvgIpc) is 2.00. The Morgan fingerprint density at radius 3 is 2.31 bits per heavy atom. The number of halogens is 3. The second kappa shape index (κ2) is 5.07. The minimum Gasteiger partial charge on any atom is -0.294 e. The molecule has 0 saturated heterocycles. The maximum absolute atomic E-state index is 11.9. The molecule has 0 rings (SSSR count). The molecular weight excluding hydrogens is 181 g/mol. The average molecular weight is 194 g/mol. The van der Waals surface area contributed by atoms with E-state index in [1.165, 1.54) is 4.90 Å². The zero-order chi connectivity index (χ0) is 10.5. The summed E-state index contributed by atoms with van der Waals surface area (Å²) in [5.74, 6) is -0.359. The first-order chi connectivity index (χ1) is 5.89. The van der Waals surface area contributed by atoms with Crippen LogP contribution in [0.25, 0.3) is 0 Å². The summed E-state index contributed by atoms with van der Waals surface area (Å²) in [4.78, 5) is 1.22. The molecule has 0 aliphatic carbocycles. The van der Waals surface area contributed by atoms with E-state index in [0.717, 1.165) is 0 Å². The molecule has 0 aromatic rings. The molecule has 76 valence electrons. The second-order valence-corrected chi connectivity index (χ2v) is 2.97. The normalized spacial score (nSPS) is 14.2. The minimum atomic E-state index is -4.18. The van der Waals surface area contributed by atoms with E-state index in [1.54, 1.807) is 13.8 Å². The topological polar surface area (TPSA) is 27.0 Å². The summed E-state index contributed by atoms with van der Waals surface area (Å²) in [6, 6.07) is 1.91. The van der Waals surface area contributed by atoms with E-state index in [9.17, 15) is 13.2 Å². The SMILES string of the molecule is CCN(CC(C)C#N)CC(F)(F)F. The maximum atomic E-state index is 11.9. The Kier molecular flexibility index (Phi) is 4.78. The van der Waals surface area contributed by atoms with Gasteiger partial charge in [-0.2, -0.15) is 18.4 Å². The summed E-state index contributed by atoms with van der Waals surface area (Å²) in [6.07, 6.45) is -4.18. The molecule has 0 aromatic heterocycles. The van der Waals surface area contributed by atoms with Gasteiger partial charge in [-0.05, 0) is 13.5 Å². The Morgan fingerprint density at radius 2 is 2.00 bits per heavy atom. The molecule has 0 aliphatic heterocycles. The number of hydrogen-bond donors (Lipinski definition) is 0. The van der Waals surface area contributed by atoms with Gasteiger partial charge in [-0.3, -0.25) is 4.90 Å². The fourth-order valence-electron chi connectivity index (χ4n) is 0.987. The van der Waals surface area contributed by atoms with Crippen molar-refractivity contribution in [1.29, 1.82) is 5.26 Å². The van der Waals surface area contributed by atoms with Gasteiger partial charge in [0.05, 0.1) is 18.5 Å². The van der Waals surface area contributed by atoms with Gasteiger partial charge < -0.3 is 0 Å². The highest BCUT2D eigenvalue weighted by Gasteiger charge is 2.30. The maximum Gasteiger partial charge on any atom is 0.401 e. The monoisotopic (exact) mass is 194 g/mol. The van der Waals surface area contributed by atoms with Crippen LogP contribution in [0.2, 0.25) is 0 Å². The van der Waals surface area contributed by atoms with Gasteiger partial charge in [0.15, 0.2) is 0 Å². The van der Waals surface area contributed by atoms with E-state index in [4.69, 9.17) is 5.26 Å². The van der Waals surface area contributed by atoms with Crippen LogP contribution in [0.1, 0.15) is 13.8 Å². The molecule has 0 bridgehead atoms. The lowest BCUT2D eigenvalue weighted by molar-refractivity contribution is -0.146. The van der Waals surface area contributed by atoms with Crippen molar-refractivity contribution in [3.63, 3.8) is 0 Å². The zero-order valence-corrected chi connectivity index (χ0v) is 7.73. The molecule has 1 atom stereocenters. The van der Waals surface area contributed by atoms with Crippen molar-refractivity contribution in [2.75, 3.05) is 19.6 Å². The molecule has 0 aliphatic rings. The van der Waals surface area contributed by atoms with E-state index < -0.39 is 12.7 Å². The Balaban J connectivity index is 3.99. The summed E-state index contributed by atoms with van der Waals surface area (Å²) >= 11 is 0. The molecule has 0 aromatic carbocycles. The molecule has 2 nitrogen and oxygen atoms in total. The Bertz CT molecular complexity index is 183. The lowest BCUT2D eigenvalue weighted by Crippen LogP contribution is -2.36. The van der Waals surface area contributed by atoms with Crippen LogP contribution in [0.3, 0.4) is 0 Å². The van der Waals surface area contributed by atoms with Gasteiger partial charge >= 0.3 is 6.18 Å². The Morgan fingerprint density at radius 1 is 1.46 bits per heavy atom. The first-order valence-corrected chi connectivity index (χ1v) is 4.07. The van der Waals surface area contributed by atoms with Gasteiger partial charge in [0.2, 0.25) is 0 Å². The first kappa shape index (κ1) is 12.2. The van der Waals surface area contributed by atoms with Crippen molar-refractivity contribution in [2.45, 2.75) is 20.0 Å². The predicted molar refractivity (Wildman–Crippen MR) is 42.9 cm³/mol. The number of rotatable bonds is 4. The van der Waals surface area contributed by atoms with Crippen molar-refractivity contribution in [3.8, 4) is 6.07 Å². The first-order valence-electron chi connectivity index (χ1n) is 4.07. The molecule has 0 saturated carbocycles. The van der Waals surface area contributed by atoms with Crippen molar-refractivity contribution in [3.05, 3.63) is 0 Å². The van der Waals surface area contributed by atoms with Crippen molar-refractivity contribution in [2.24, 2.45) is 5.92 Å². The van der Waals surface area contributed by atoms with E-state index in [2.05, 4.69) is 0 Å². The van der Waals surface area contributed by atoms with Crippen molar-refractivity contribution >= 4 is 0 Å². The van der Waals surface area contributed by atoms with Crippen LogP contribution in [-0.2, 0) is 0 Å². The molecular formula is C8H13F3N2. The number of hydrogen-bond acceptors (Lipinski definition) is 2. The van der Waals surface area contributed by atoms with Gasteiger partial charge in [-0.1, -0.05) is 6.92 Å². The quantitative estimate of drug-likeness (QED) is 0.684. The van der Waals surface area contributed by atoms with Gasteiger partial charge in [0.1, 0.15) is 0 Å². The molecule has 0 fully saturated rings. The lowest BCUT2D eigenvalue weighted by Gasteiger charge is -2.22. The van der Waals surface area contributed by atoms with Gasteiger partial charge in [0.25, 0.3) is 0 Å². The highest BCUT2D eigenvalue weighted by atomic mass is 19.4. The summed E-state index contributed by atoms with van der Waals surface area (Å²) in [7, 11) is 0. The van der Waals surface area contributed by atoms with Crippen LogP contribution in [0.5, 0.6) is 0 Å². The van der Waals surface area contributed by atoms with Gasteiger partial charge in [-0.25, -0.2) is 0 Å². The molecule has 1 unspecified atom stereocenters. The summed E-state index contributed by atoms with van der Waals surface area (Å²) in [5.41, 5.74) is 0. The van der Waals surface area contributed by atoms with Crippen LogP contribution in [0, 0.1) is 17.2 Å². The largest absolute Gasteiger partial charge is 0.401 e. The molecule has 13 heavy (non-hydrogen) atoms. The van der Waals surface area contributed by atoms with E-state index in [1.807, 2.05) is 6.07 Å². The lowest BCUT2D eigenvalue weighted by atomic mass is 10.2. The standard InChI is InChI=1S/C8H13F3N2/c1-3-13(5-7(2)4-12)6-8(9,10)11/h7H,3,5-6H2,1-2H3. The van der Waals surface area contributed by atoms with E-state index in [-0.39, 0.29) is 12.5 Å². The fraction of sp³-hybridized carbons (Fsp3) is 0.875. The highest BCUT2D eigenvalue weighted by molar-refractivity contribution is 4.81. The van der Waals surface area contributed by atoms with Gasteiger partial charge in [0, 0.05) is 6.54 Å². The third-order valence-electron chi connectivity index (χ3n) is 1.60. The van der Waals surface area contributed by atoms with Crippen LogP contribution >= 0.6 is 0 Å². The van der Waals surface area contributed by atoms with Crippen molar-refractivity contribution in [1.82, 2.24) is 4.90 Å². The van der Waals surface area contributed by atoms with Crippen LogP contribution in [0.15, 0.2) is 0 Å². The minimum absolute atomic E-state index is 0.173. The summed E-state index contributed by atoms with van der Waals surface area (Å²) in [5, 5.41) is 8.42. The molecule has 5 heteroatoms. The highest BCUT2D eigenvalue weighted by Crippen LogP contribution is 2.16. The smallest absolute Gasteiger partial charge is 0.294 e. The number of nitrogens with zero attached hydrogens (tertiary/aromatic N) is 2. The molecule has 0 heterocycles. The number of alkyl halides is 3. The zero-order valence-electron chi connectivity index (χ0n) is 7.73. The Labute approximate surface area is 75.9 Å². The van der Waals surface area contributed by atoms with Crippen LogP contribution in [-0.4, -0.2) is 30.7 Å².